The predicted molar refractivity (Wildman–Crippen MR) is 95.6 cm³/mol. The zero-order chi connectivity index (χ0) is 18.5. The minimum atomic E-state index is -4.30. The van der Waals surface area contributed by atoms with Crippen LogP contribution in [0.25, 0.3) is 0 Å². The summed E-state index contributed by atoms with van der Waals surface area (Å²) in [4.78, 5) is 3.71. The molecule has 0 aliphatic heterocycles. The van der Waals surface area contributed by atoms with E-state index in [2.05, 4.69) is 4.98 Å². The molecule has 25 heavy (non-hydrogen) atoms. The maximum Gasteiger partial charge on any atom is 0.416 e. The molecular weight excluding hydrogens is 354 g/mol. The van der Waals surface area contributed by atoms with Crippen molar-refractivity contribution < 1.29 is 17.6 Å². The lowest BCUT2D eigenvalue weighted by Crippen LogP contribution is -2.06. The highest BCUT2D eigenvalue weighted by atomic mass is 35.5. The minimum Gasteiger partial charge on any atom is -0.225 e. The minimum absolute atomic E-state index is 0. The molecule has 0 radical (unpaired) electrons. The summed E-state index contributed by atoms with van der Waals surface area (Å²) < 4.78 is 49.4. The Hall–Kier alpha value is -1.62. The average Bonchev–Trinajstić information content (AvgIpc) is 2.46. The van der Waals surface area contributed by atoms with Gasteiger partial charge < -0.3 is 0 Å². The first-order valence-corrected chi connectivity index (χ1v) is 7.89. The Balaban J connectivity index is 0.000000465. The van der Waals surface area contributed by atoms with E-state index < -0.39 is 17.7 Å². The highest BCUT2D eigenvalue weighted by molar-refractivity contribution is 6.31. The Kier molecular flexibility index (Phi) is 9.12. The van der Waals surface area contributed by atoms with Crippen molar-refractivity contribution in [1.82, 2.24) is 4.98 Å². The largest absolute Gasteiger partial charge is 0.416 e. The molecule has 0 spiro atoms. The summed E-state index contributed by atoms with van der Waals surface area (Å²) in [6, 6.07) is 8.25. The van der Waals surface area contributed by atoms with Crippen LogP contribution >= 0.6 is 11.6 Å². The van der Waals surface area contributed by atoms with Gasteiger partial charge in [-0.1, -0.05) is 52.8 Å². The molecule has 0 aliphatic rings. The molecule has 1 heterocycles. The monoisotopic (exact) mass is 377 g/mol. The Morgan fingerprint density at radius 3 is 1.96 bits per heavy atom. The van der Waals surface area contributed by atoms with Gasteiger partial charge >= 0.3 is 6.18 Å². The van der Waals surface area contributed by atoms with Gasteiger partial charge in [0.05, 0.1) is 5.56 Å². The van der Waals surface area contributed by atoms with Crippen LogP contribution in [-0.4, -0.2) is 4.98 Å². The molecule has 1 aromatic heterocycles. The van der Waals surface area contributed by atoms with Crippen LogP contribution in [0.3, 0.4) is 0 Å². The molecule has 0 bridgehead atoms. The number of pyridine rings is 1. The van der Waals surface area contributed by atoms with Crippen molar-refractivity contribution >= 4 is 11.6 Å². The van der Waals surface area contributed by atoms with Gasteiger partial charge in [-0.05, 0) is 47.7 Å². The summed E-state index contributed by atoms with van der Waals surface area (Å²) in [5.41, 5.74) is 0.687. The molecule has 2 rings (SSSR count). The third-order valence-electron chi connectivity index (χ3n) is 3.27. The van der Waals surface area contributed by atoms with Crippen LogP contribution in [0, 0.1) is 5.95 Å². The van der Waals surface area contributed by atoms with Gasteiger partial charge in [-0.3, -0.25) is 0 Å². The maximum atomic E-state index is 12.4. The van der Waals surface area contributed by atoms with Crippen LogP contribution in [0.5, 0.6) is 0 Å². The third-order valence-corrected chi connectivity index (χ3v) is 3.62. The van der Waals surface area contributed by atoms with Gasteiger partial charge in [0.2, 0.25) is 5.95 Å². The number of rotatable bonds is 2. The lowest BCUT2D eigenvalue weighted by Gasteiger charge is -2.12. The van der Waals surface area contributed by atoms with Gasteiger partial charge in [-0.2, -0.15) is 17.6 Å². The molecule has 140 valence electrons. The smallest absolute Gasteiger partial charge is 0.225 e. The lowest BCUT2D eigenvalue weighted by atomic mass is 10.0. The van der Waals surface area contributed by atoms with Crippen molar-refractivity contribution in [3.8, 4) is 0 Å². The summed E-state index contributed by atoms with van der Waals surface area (Å²) in [5.74, 6) is -0.105. The zero-order valence-corrected chi connectivity index (χ0v) is 14.7. The molecule has 0 aliphatic carbocycles. The van der Waals surface area contributed by atoms with Crippen LogP contribution in [0.15, 0.2) is 36.4 Å². The first kappa shape index (κ1) is 23.4. The van der Waals surface area contributed by atoms with E-state index in [1.165, 1.54) is 12.1 Å². The van der Waals surface area contributed by atoms with E-state index in [0.29, 0.717) is 16.5 Å². The Bertz CT molecular complexity index is 667. The van der Waals surface area contributed by atoms with Gasteiger partial charge in [0.1, 0.15) is 0 Å². The number of benzene rings is 1. The van der Waals surface area contributed by atoms with Crippen LogP contribution in [0.2, 0.25) is 5.02 Å². The van der Waals surface area contributed by atoms with Crippen molar-refractivity contribution in [2.75, 3.05) is 0 Å². The maximum absolute atomic E-state index is 12.4. The molecule has 0 amide bonds. The highest BCUT2D eigenvalue weighted by Gasteiger charge is 2.31. The number of aromatic nitrogens is 1. The number of alkyl halides is 3. The van der Waals surface area contributed by atoms with Gasteiger partial charge in [-0.15, -0.1) is 0 Å². The Labute approximate surface area is 152 Å². The summed E-state index contributed by atoms with van der Waals surface area (Å²) >= 11 is 5.77. The number of hydrogen-bond acceptors (Lipinski definition) is 1. The van der Waals surface area contributed by atoms with Gasteiger partial charge in [-0.25, -0.2) is 4.98 Å². The predicted octanol–water partition coefficient (Wildman–Crippen LogP) is 7.46. The SMILES string of the molecule is C.CC(C)c1cc(C(F)(F)F)ccc1Cl.CC(C)c1cccc(F)n1. The van der Waals surface area contributed by atoms with E-state index in [0.717, 1.165) is 17.8 Å². The van der Waals surface area contributed by atoms with E-state index >= 15 is 0 Å². The second-order valence-corrected chi connectivity index (χ2v) is 6.34. The molecule has 0 saturated carbocycles. The van der Waals surface area contributed by atoms with Gasteiger partial charge in [0, 0.05) is 10.7 Å². The first-order chi connectivity index (χ1) is 11.0. The molecule has 0 atom stereocenters. The van der Waals surface area contributed by atoms with E-state index in [1.54, 1.807) is 19.9 Å². The first-order valence-electron chi connectivity index (χ1n) is 7.51. The molecule has 0 fully saturated rings. The molecule has 0 saturated heterocycles. The average molecular weight is 378 g/mol. The van der Waals surface area contributed by atoms with Crippen molar-refractivity contribution in [1.29, 1.82) is 0 Å². The molecule has 0 unspecified atom stereocenters. The number of halogens is 5. The standard InChI is InChI=1S/C10H10ClF3.C8H10FN.CH4/c1-6(2)8-5-7(10(12,13)14)3-4-9(8)11;1-6(2)7-4-3-5-8(9)10-7;/h3-6H,1-2H3;3-6H,1-2H3;1H4. The van der Waals surface area contributed by atoms with Crippen LogP contribution in [0.4, 0.5) is 17.6 Å². The van der Waals surface area contributed by atoms with E-state index in [4.69, 9.17) is 11.6 Å². The van der Waals surface area contributed by atoms with Gasteiger partial charge in [0.25, 0.3) is 0 Å². The summed E-state index contributed by atoms with van der Waals surface area (Å²) in [5, 5.41) is 0.382. The van der Waals surface area contributed by atoms with Crippen molar-refractivity contribution in [3.05, 3.63) is 64.2 Å². The number of nitrogens with zero attached hydrogens (tertiary/aromatic N) is 1. The fraction of sp³-hybridized carbons (Fsp3) is 0.421. The molecule has 1 aromatic carbocycles. The quantitative estimate of drug-likeness (QED) is 0.391. The molecule has 2 aromatic rings. The lowest BCUT2D eigenvalue weighted by molar-refractivity contribution is -0.137. The third kappa shape index (κ3) is 7.43. The normalized spacial score (nSPS) is 11.0. The van der Waals surface area contributed by atoms with Crippen LogP contribution in [0.1, 0.15) is 63.8 Å². The second-order valence-electron chi connectivity index (χ2n) is 5.93. The van der Waals surface area contributed by atoms with E-state index in [1.807, 2.05) is 19.9 Å². The van der Waals surface area contributed by atoms with E-state index in [9.17, 15) is 17.6 Å². The van der Waals surface area contributed by atoms with E-state index in [-0.39, 0.29) is 13.3 Å². The summed E-state index contributed by atoms with van der Waals surface area (Å²) in [6.45, 7) is 7.59. The highest BCUT2D eigenvalue weighted by Crippen LogP contribution is 2.33. The fourth-order valence-corrected chi connectivity index (χ4v) is 2.24. The molecule has 0 N–H and O–H groups in total. The van der Waals surface area contributed by atoms with Crippen molar-refractivity contribution in [3.63, 3.8) is 0 Å². The fourth-order valence-electron chi connectivity index (χ4n) is 1.91. The molecular formula is C19H24ClF4N. The summed E-state index contributed by atoms with van der Waals surface area (Å²) in [6.07, 6.45) is -4.30. The van der Waals surface area contributed by atoms with Crippen LogP contribution < -0.4 is 0 Å². The van der Waals surface area contributed by atoms with Crippen molar-refractivity contribution in [2.45, 2.75) is 53.1 Å². The Morgan fingerprint density at radius 2 is 1.56 bits per heavy atom. The molecule has 1 nitrogen and oxygen atoms in total. The molecule has 6 heteroatoms. The number of hydrogen-bond donors (Lipinski definition) is 0. The topological polar surface area (TPSA) is 12.9 Å². The van der Waals surface area contributed by atoms with Gasteiger partial charge in [0.15, 0.2) is 0 Å². The Morgan fingerprint density at radius 1 is 0.960 bits per heavy atom. The van der Waals surface area contributed by atoms with Crippen LogP contribution in [-0.2, 0) is 6.18 Å². The second kappa shape index (κ2) is 9.76. The summed E-state index contributed by atoms with van der Waals surface area (Å²) in [7, 11) is 0. The zero-order valence-electron chi connectivity index (χ0n) is 14.0. The van der Waals surface area contributed by atoms with Crippen molar-refractivity contribution in [2.24, 2.45) is 0 Å².